The minimum absolute atomic E-state index is 0. The first-order valence-electron chi connectivity index (χ1n) is 23.4. The number of ketones is 1. The molecule has 0 bridgehead atoms. The van der Waals surface area contributed by atoms with Crippen LogP contribution in [0, 0.1) is 29.6 Å². The van der Waals surface area contributed by atoms with Gasteiger partial charge in [-0.2, -0.15) is 0 Å². The van der Waals surface area contributed by atoms with Crippen molar-refractivity contribution in [2.45, 2.75) is 123 Å². The number of nitrogens with one attached hydrogen (secondary N) is 3. The maximum atomic E-state index is 13.1. The molecule has 13 heteroatoms. The summed E-state index contributed by atoms with van der Waals surface area (Å²) in [5.41, 5.74) is 4.97. The lowest BCUT2D eigenvalue weighted by atomic mass is 9.54. The summed E-state index contributed by atoms with van der Waals surface area (Å²) in [6.45, 7) is 11.8. The van der Waals surface area contributed by atoms with Crippen LogP contribution in [0.25, 0.3) is 11.5 Å². The van der Waals surface area contributed by atoms with Gasteiger partial charge in [-0.3, -0.25) is 19.2 Å². The van der Waals surface area contributed by atoms with Gasteiger partial charge in [-0.15, -0.1) is 0 Å². The molecule has 10 atom stereocenters. The molecule has 0 spiro atoms. The number of halogens is 4. The number of aryl methyl sites for hydroxylation is 1. The van der Waals surface area contributed by atoms with Crippen LogP contribution in [0.4, 0.5) is 0 Å². The largest absolute Gasteiger partial charge is 0.441 e. The SMILES string of the molecule is C.CC[C@@]12CC[C@@H](c3ccc(-c4ncc(C)o4)cc3Cl)[C@H](c3ccc(Cl)cc3)[C@@H]1[C@@H](C)NC2=O.CC[C@@]12CC[C@@H](c3ccc(C(=O)NCC(C)=O)cc3Cl)[C@H](c3ccc(Cl)cc3)[C@@H]1[C@@H](C)NC2=O. The number of benzene rings is 4. The summed E-state index contributed by atoms with van der Waals surface area (Å²) in [4.78, 5) is 54.2. The molecule has 2 aliphatic heterocycles. The second-order valence-electron chi connectivity index (χ2n) is 19.2. The highest BCUT2D eigenvalue weighted by molar-refractivity contribution is 6.32. The van der Waals surface area contributed by atoms with Gasteiger partial charge in [0.05, 0.1) is 23.6 Å². The van der Waals surface area contributed by atoms with Crippen molar-refractivity contribution in [3.05, 3.63) is 145 Å². The van der Waals surface area contributed by atoms with E-state index in [0.29, 0.717) is 31.5 Å². The first kappa shape index (κ1) is 51.2. The van der Waals surface area contributed by atoms with Crippen LogP contribution < -0.4 is 16.0 Å². The average molecular weight is 1000 g/mol. The van der Waals surface area contributed by atoms with Crippen molar-refractivity contribution in [2.75, 3.05) is 6.54 Å². The third-order valence-electron chi connectivity index (χ3n) is 15.6. The number of Topliss-reactive ketones (excluding diaryl/α,β-unsaturated/α-hetero) is 1. The zero-order valence-electron chi connectivity index (χ0n) is 38.7. The van der Waals surface area contributed by atoms with Crippen LogP contribution in [0.2, 0.25) is 20.1 Å². The van der Waals surface area contributed by atoms with Crippen LogP contribution in [0.1, 0.15) is 143 Å². The second-order valence-corrected chi connectivity index (χ2v) is 20.9. The quantitative estimate of drug-likeness (QED) is 0.128. The van der Waals surface area contributed by atoms with Crippen LogP contribution in [0.3, 0.4) is 0 Å². The monoisotopic (exact) mass is 998 g/mol. The number of fused-ring (bicyclic) bond motifs is 2. The average Bonchev–Trinajstić information content (AvgIpc) is 3.95. The first-order chi connectivity index (χ1) is 32.0. The van der Waals surface area contributed by atoms with E-state index in [9.17, 15) is 19.2 Å². The normalized spacial score (nSPS) is 28.2. The number of nitrogens with zero attached hydrogens (tertiary/aromatic N) is 1. The molecule has 2 saturated carbocycles. The topological polar surface area (TPSA) is 130 Å². The van der Waals surface area contributed by atoms with E-state index in [4.69, 9.17) is 50.8 Å². The van der Waals surface area contributed by atoms with E-state index in [1.165, 1.54) is 12.5 Å². The van der Waals surface area contributed by atoms with E-state index in [-0.39, 0.29) is 90.5 Å². The molecule has 0 unspecified atom stereocenters. The van der Waals surface area contributed by atoms with Crippen LogP contribution >= 0.6 is 46.4 Å². The fourth-order valence-corrected chi connectivity index (χ4v) is 13.4. The summed E-state index contributed by atoms with van der Waals surface area (Å²) in [5, 5.41) is 11.7. The van der Waals surface area contributed by atoms with Gasteiger partial charge in [-0.25, -0.2) is 4.98 Å². The van der Waals surface area contributed by atoms with E-state index in [2.05, 4.69) is 79.0 Å². The van der Waals surface area contributed by atoms with Crippen molar-refractivity contribution in [2.24, 2.45) is 22.7 Å². The van der Waals surface area contributed by atoms with Gasteiger partial charge in [-0.1, -0.05) is 104 Å². The molecule has 3 amide bonds. The van der Waals surface area contributed by atoms with Crippen LogP contribution in [0.15, 0.2) is 95.5 Å². The number of hydrogen-bond acceptors (Lipinski definition) is 6. The Kier molecular flexibility index (Phi) is 15.6. The van der Waals surface area contributed by atoms with Gasteiger partial charge in [-0.05, 0) is 161 Å². The van der Waals surface area contributed by atoms with E-state index >= 15 is 0 Å². The van der Waals surface area contributed by atoms with Crippen molar-refractivity contribution in [3.63, 3.8) is 0 Å². The maximum Gasteiger partial charge on any atom is 0.251 e. The number of hydrogen-bond donors (Lipinski definition) is 3. The van der Waals surface area contributed by atoms with E-state index in [1.54, 1.807) is 18.3 Å². The lowest BCUT2D eigenvalue weighted by Crippen LogP contribution is -2.43. The number of carbonyl (C=O) groups excluding carboxylic acids is 4. The van der Waals surface area contributed by atoms with Gasteiger partial charge in [0, 0.05) is 55.1 Å². The number of carbonyl (C=O) groups is 4. The highest BCUT2D eigenvalue weighted by Gasteiger charge is 2.61. The van der Waals surface area contributed by atoms with E-state index in [1.807, 2.05) is 49.4 Å². The smallest absolute Gasteiger partial charge is 0.251 e. The molecule has 4 fully saturated rings. The Morgan fingerprint density at radius 3 is 1.60 bits per heavy atom. The van der Waals surface area contributed by atoms with Crippen molar-refractivity contribution >= 4 is 69.9 Å². The Morgan fingerprint density at radius 1 is 0.721 bits per heavy atom. The molecule has 3 heterocycles. The van der Waals surface area contributed by atoms with Crippen molar-refractivity contribution in [1.82, 2.24) is 20.9 Å². The molecule has 68 heavy (non-hydrogen) atoms. The molecule has 9 rings (SSSR count). The summed E-state index contributed by atoms with van der Waals surface area (Å²) in [5.74, 6) is 2.03. The number of amides is 3. The van der Waals surface area contributed by atoms with E-state index in [0.717, 1.165) is 66.5 Å². The summed E-state index contributed by atoms with van der Waals surface area (Å²) >= 11 is 26.1. The van der Waals surface area contributed by atoms with Crippen molar-refractivity contribution < 1.29 is 23.6 Å². The van der Waals surface area contributed by atoms with Crippen LogP contribution in [0.5, 0.6) is 0 Å². The van der Waals surface area contributed by atoms with E-state index < -0.39 is 5.41 Å². The molecule has 360 valence electrons. The minimum atomic E-state index is -0.404. The maximum absolute atomic E-state index is 13.1. The fraction of sp³-hybridized carbons (Fsp3) is 0.436. The van der Waals surface area contributed by atoms with Gasteiger partial charge in [0.15, 0.2) is 0 Å². The molecule has 2 aliphatic carbocycles. The van der Waals surface area contributed by atoms with Crippen molar-refractivity contribution in [1.29, 1.82) is 0 Å². The molecular weight excluding hydrogens is 938 g/mol. The molecule has 9 nitrogen and oxygen atoms in total. The summed E-state index contributed by atoms with van der Waals surface area (Å²) < 4.78 is 5.69. The third-order valence-corrected chi connectivity index (χ3v) is 16.8. The molecular formula is C55H62Cl4N4O5. The fourth-order valence-electron chi connectivity index (χ4n) is 12.5. The van der Waals surface area contributed by atoms with Gasteiger partial charge < -0.3 is 20.4 Å². The standard InChI is InChI=1S/C27H30Cl2N2O3.C27H28Cl2N2O2.CH4/c1-4-27-12-11-21(20-10-7-18(13-22(20)29)25(33)30-14-15(2)32)23(17-5-8-19(28)9-6-17)24(27)16(3)31-26(27)34;1-4-27-12-11-21(20-10-7-18(13-22(20)29)25-30-14-15(2)33-25)23(17-5-8-19(28)9-6-17)24(27)16(3)31-26(27)32;/h5-10,13,16,21,23-24H,4,11-12,14H2,1-3H3,(H,30,33)(H,31,34);5-10,13-14,16,21,23-24H,4,11-12H2,1-3H3,(H,31,32);1H4/t2*16-,21+,23+,24+,27-;/m11./s1. The Morgan fingerprint density at radius 2 is 1.19 bits per heavy atom. The lowest BCUT2D eigenvalue weighted by molar-refractivity contribution is -0.132. The molecule has 4 aliphatic rings. The Bertz CT molecular complexity index is 2670. The first-order valence-corrected chi connectivity index (χ1v) is 24.9. The molecule has 2 saturated heterocycles. The molecule has 1 aromatic heterocycles. The molecule has 3 N–H and O–H groups in total. The van der Waals surface area contributed by atoms with Gasteiger partial charge in [0.1, 0.15) is 11.5 Å². The summed E-state index contributed by atoms with van der Waals surface area (Å²) in [6.07, 6.45) is 6.69. The molecule has 0 radical (unpaired) electrons. The minimum Gasteiger partial charge on any atom is -0.441 e. The predicted molar refractivity (Wildman–Crippen MR) is 273 cm³/mol. The summed E-state index contributed by atoms with van der Waals surface area (Å²) in [7, 11) is 0. The van der Waals surface area contributed by atoms with Crippen LogP contribution in [-0.4, -0.2) is 47.1 Å². The Labute approximate surface area is 420 Å². The Balaban J connectivity index is 0.000000198. The van der Waals surface area contributed by atoms with Crippen molar-refractivity contribution in [3.8, 4) is 11.5 Å². The molecule has 4 aromatic carbocycles. The highest BCUT2D eigenvalue weighted by Crippen LogP contribution is 2.62. The zero-order chi connectivity index (χ0) is 47.9. The lowest BCUT2D eigenvalue weighted by Gasteiger charge is -2.47. The summed E-state index contributed by atoms with van der Waals surface area (Å²) in [6, 6.07) is 27.6. The van der Waals surface area contributed by atoms with Gasteiger partial charge in [0.25, 0.3) is 5.91 Å². The number of aromatic nitrogens is 1. The Hall–Kier alpha value is -4.67. The third kappa shape index (κ3) is 9.49. The highest BCUT2D eigenvalue weighted by atomic mass is 35.5. The van der Waals surface area contributed by atoms with Gasteiger partial charge >= 0.3 is 0 Å². The number of rotatable bonds is 10. The molecule has 5 aromatic rings. The van der Waals surface area contributed by atoms with Gasteiger partial charge in [0.2, 0.25) is 17.7 Å². The zero-order valence-corrected chi connectivity index (χ0v) is 41.8. The number of oxazole rings is 1. The van der Waals surface area contributed by atoms with Crippen LogP contribution in [-0.2, 0) is 14.4 Å². The second kappa shape index (κ2) is 20.7. The predicted octanol–water partition coefficient (Wildman–Crippen LogP) is 13.3.